The summed E-state index contributed by atoms with van der Waals surface area (Å²) in [5, 5.41) is 8.52. The number of rotatable bonds is 3. The monoisotopic (exact) mass is 213 g/mol. The van der Waals surface area contributed by atoms with E-state index in [4.69, 9.17) is 23.1 Å². The molecule has 0 bridgehead atoms. The van der Waals surface area contributed by atoms with Crippen LogP contribution in [-0.2, 0) is 11.2 Å². The maximum atomic E-state index is 10.4. The molecular formula is C8H11N3O2S. The molecule has 0 radical (unpaired) electrons. The summed E-state index contributed by atoms with van der Waals surface area (Å²) in [5.41, 5.74) is 7.12. The number of aromatic amines is 1. The van der Waals surface area contributed by atoms with Gasteiger partial charge in [0.2, 0.25) is 0 Å². The molecule has 5 nitrogen and oxygen atoms in total. The van der Waals surface area contributed by atoms with E-state index in [0.29, 0.717) is 17.0 Å². The number of nitrogens with zero attached hydrogens (tertiary/aromatic N) is 1. The number of anilines is 1. The number of H-pyrrole nitrogens is 1. The Balaban J connectivity index is 2.97. The molecule has 1 aromatic heterocycles. The van der Waals surface area contributed by atoms with Crippen molar-refractivity contribution in [3.63, 3.8) is 0 Å². The third-order valence-corrected chi connectivity index (χ3v) is 2.06. The van der Waals surface area contributed by atoms with E-state index in [0.717, 1.165) is 11.3 Å². The molecule has 14 heavy (non-hydrogen) atoms. The van der Waals surface area contributed by atoms with Gasteiger partial charge in [0.05, 0.1) is 0 Å². The van der Waals surface area contributed by atoms with E-state index < -0.39 is 5.97 Å². The lowest BCUT2D eigenvalue weighted by molar-refractivity contribution is -0.136. The van der Waals surface area contributed by atoms with Crippen molar-refractivity contribution in [3.05, 3.63) is 16.0 Å². The number of hydrogen-bond acceptors (Lipinski definition) is 4. The Bertz CT molecular complexity index is 387. The van der Waals surface area contributed by atoms with Gasteiger partial charge in [-0.25, -0.2) is 4.98 Å². The predicted molar refractivity (Wildman–Crippen MR) is 54.5 cm³/mol. The Morgan fingerprint density at radius 1 is 1.71 bits per heavy atom. The molecule has 76 valence electrons. The highest BCUT2D eigenvalue weighted by atomic mass is 32.1. The lowest BCUT2D eigenvalue weighted by atomic mass is 10.1. The summed E-state index contributed by atoms with van der Waals surface area (Å²) in [6.07, 6.45) is 0.406. The smallest absolute Gasteiger partial charge is 0.303 e. The normalized spacial score (nSPS) is 10.1. The van der Waals surface area contributed by atoms with Crippen molar-refractivity contribution in [1.29, 1.82) is 0 Å². The van der Waals surface area contributed by atoms with Crippen LogP contribution in [0.25, 0.3) is 0 Å². The van der Waals surface area contributed by atoms with E-state index in [2.05, 4.69) is 9.97 Å². The standard InChI is InChI=1S/C8H11N3O2S/c1-4-5(2-3-6(12)13)7(9)11-8(14)10-4/h2-3H2,1H3,(H,12,13)(H3,9,10,11,14). The highest BCUT2D eigenvalue weighted by Gasteiger charge is 2.07. The minimum Gasteiger partial charge on any atom is -0.481 e. The molecule has 1 heterocycles. The molecule has 0 saturated carbocycles. The maximum absolute atomic E-state index is 10.4. The molecule has 6 heteroatoms. The first-order valence-corrected chi connectivity index (χ1v) is 4.48. The summed E-state index contributed by atoms with van der Waals surface area (Å²) in [7, 11) is 0. The molecule has 0 saturated heterocycles. The van der Waals surface area contributed by atoms with Crippen LogP contribution in [0.1, 0.15) is 17.7 Å². The van der Waals surface area contributed by atoms with Crippen LogP contribution in [-0.4, -0.2) is 21.0 Å². The fraction of sp³-hybridized carbons (Fsp3) is 0.375. The van der Waals surface area contributed by atoms with Crippen LogP contribution in [0, 0.1) is 11.7 Å². The quantitative estimate of drug-likeness (QED) is 0.652. The zero-order valence-corrected chi connectivity index (χ0v) is 8.52. The van der Waals surface area contributed by atoms with Gasteiger partial charge in [-0.3, -0.25) is 4.79 Å². The summed E-state index contributed by atoms with van der Waals surface area (Å²) in [6, 6.07) is 0. The van der Waals surface area contributed by atoms with E-state index in [1.165, 1.54) is 0 Å². The number of aromatic nitrogens is 2. The summed E-state index contributed by atoms with van der Waals surface area (Å²) in [5.74, 6) is -0.543. The fourth-order valence-electron chi connectivity index (χ4n) is 1.18. The van der Waals surface area contributed by atoms with Gasteiger partial charge in [0.15, 0.2) is 4.77 Å². The molecule has 0 fully saturated rings. The number of aryl methyl sites for hydroxylation is 1. The number of hydrogen-bond donors (Lipinski definition) is 3. The number of carbonyl (C=O) groups is 1. The maximum Gasteiger partial charge on any atom is 0.303 e. The van der Waals surface area contributed by atoms with Gasteiger partial charge in [0.25, 0.3) is 0 Å². The molecule has 0 aliphatic carbocycles. The molecule has 0 unspecified atom stereocenters. The molecule has 0 aliphatic heterocycles. The van der Waals surface area contributed by atoms with Gasteiger partial charge in [-0.15, -0.1) is 0 Å². The molecule has 1 rings (SSSR count). The van der Waals surface area contributed by atoms with Crippen molar-refractivity contribution in [3.8, 4) is 0 Å². The number of carboxylic acid groups (broad SMARTS) is 1. The van der Waals surface area contributed by atoms with Crippen molar-refractivity contribution < 1.29 is 9.90 Å². The number of nitrogens with one attached hydrogen (secondary N) is 1. The lowest BCUT2D eigenvalue weighted by Crippen LogP contribution is -2.06. The van der Waals surface area contributed by atoms with Crippen LogP contribution in [0.3, 0.4) is 0 Å². The number of aliphatic carboxylic acids is 1. The van der Waals surface area contributed by atoms with Crippen LogP contribution in [0.5, 0.6) is 0 Å². The lowest BCUT2D eigenvalue weighted by Gasteiger charge is -2.06. The van der Waals surface area contributed by atoms with Crippen LogP contribution in [0.4, 0.5) is 5.82 Å². The van der Waals surface area contributed by atoms with E-state index in [1.807, 2.05) is 0 Å². The van der Waals surface area contributed by atoms with Crippen LogP contribution in [0.15, 0.2) is 0 Å². The summed E-state index contributed by atoms with van der Waals surface area (Å²) in [6.45, 7) is 1.80. The molecule has 4 N–H and O–H groups in total. The Morgan fingerprint density at radius 2 is 2.36 bits per heavy atom. The van der Waals surface area contributed by atoms with Gasteiger partial charge in [0, 0.05) is 17.7 Å². The summed E-state index contributed by atoms with van der Waals surface area (Å²) >= 11 is 4.82. The van der Waals surface area contributed by atoms with Gasteiger partial charge in [-0.05, 0) is 25.6 Å². The van der Waals surface area contributed by atoms with E-state index >= 15 is 0 Å². The average molecular weight is 213 g/mol. The topological polar surface area (TPSA) is 92.0 Å². The summed E-state index contributed by atoms with van der Waals surface area (Å²) in [4.78, 5) is 17.1. The largest absolute Gasteiger partial charge is 0.481 e. The second kappa shape index (κ2) is 4.19. The Hall–Kier alpha value is -1.43. The molecular weight excluding hydrogens is 202 g/mol. The van der Waals surface area contributed by atoms with Crippen LogP contribution < -0.4 is 5.73 Å². The van der Waals surface area contributed by atoms with Gasteiger partial charge in [0.1, 0.15) is 5.82 Å². The average Bonchev–Trinajstić information content (AvgIpc) is 2.01. The first kappa shape index (κ1) is 10.6. The molecule has 0 aromatic carbocycles. The predicted octanol–water partition coefficient (Wildman–Crippen LogP) is 1.05. The van der Waals surface area contributed by atoms with Crippen LogP contribution in [0.2, 0.25) is 0 Å². The van der Waals surface area contributed by atoms with Gasteiger partial charge < -0.3 is 15.8 Å². The number of carboxylic acids is 1. The van der Waals surface area contributed by atoms with E-state index in [-0.39, 0.29) is 6.42 Å². The first-order valence-electron chi connectivity index (χ1n) is 4.07. The highest BCUT2D eigenvalue weighted by Crippen LogP contribution is 2.13. The minimum absolute atomic E-state index is 0.0390. The Morgan fingerprint density at radius 3 is 2.86 bits per heavy atom. The molecule has 0 aliphatic rings. The zero-order chi connectivity index (χ0) is 10.7. The van der Waals surface area contributed by atoms with Crippen molar-refractivity contribution in [2.24, 2.45) is 0 Å². The number of nitrogen functional groups attached to an aromatic ring is 1. The molecule has 1 aromatic rings. The third kappa shape index (κ3) is 2.53. The first-order chi connectivity index (χ1) is 6.50. The zero-order valence-electron chi connectivity index (χ0n) is 7.70. The third-order valence-electron chi connectivity index (χ3n) is 1.87. The molecule has 0 atom stereocenters. The SMILES string of the molecule is Cc1[nH]c(=S)nc(N)c1CCC(=O)O. The van der Waals surface area contributed by atoms with Crippen molar-refractivity contribution in [2.45, 2.75) is 19.8 Å². The van der Waals surface area contributed by atoms with Crippen molar-refractivity contribution >= 4 is 24.0 Å². The fourth-order valence-corrected chi connectivity index (χ4v) is 1.43. The number of nitrogens with two attached hydrogens (primary N) is 1. The summed E-state index contributed by atoms with van der Waals surface area (Å²) < 4.78 is 0.319. The molecule has 0 spiro atoms. The van der Waals surface area contributed by atoms with Gasteiger partial charge in [-0.1, -0.05) is 0 Å². The Labute approximate surface area is 86.0 Å². The second-order valence-corrected chi connectivity index (χ2v) is 3.31. The van der Waals surface area contributed by atoms with E-state index in [9.17, 15) is 4.79 Å². The highest BCUT2D eigenvalue weighted by molar-refractivity contribution is 7.71. The van der Waals surface area contributed by atoms with Crippen molar-refractivity contribution in [2.75, 3.05) is 5.73 Å². The van der Waals surface area contributed by atoms with Crippen LogP contribution >= 0.6 is 12.2 Å². The van der Waals surface area contributed by atoms with Crippen molar-refractivity contribution in [1.82, 2.24) is 9.97 Å². The minimum atomic E-state index is -0.855. The van der Waals surface area contributed by atoms with Gasteiger partial charge in [-0.2, -0.15) is 0 Å². The Kier molecular flexibility index (Phi) is 3.19. The van der Waals surface area contributed by atoms with E-state index in [1.54, 1.807) is 6.92 Å². The molecule has 0 amide bonds. The second-order valence-electron chi connectivity index (χ2n) is 2.92. The van der Waals surface area contributed by atoms with Gasteiger partial charge >= 0.3 is 5.97 Å².